The van der Waals surface area contributed by atoms with Crippen LogP contribution < -0.4 is 24.8 Å². The average Bonchev–Trinajstić information content (AvgIpc) is 4.00. The molecule has 14 nitrogen and oxygen atoms in total. The number of fused-ring (bicyclic) bond motifs is 3. The first-order valence-electron chi connectivity index (χ1n) is 23.9. The second kappa shape index (κ2) is 21.0. The highest BCUT2D eigenvalue weighted by molar-refractivity contribution is 6.11. The van der Waals surface area contributed by atoms with E-state index in [1.807, 2.05) is 24.3 Å². The molecule has 352 valence electrons. The summed E-state index contributed by atoms with van der Waals surface area (Å²) in [7, 11) is 1.70. The number of carbonyl (C=O) groups is 3. The first kappa shape index (κ1) is 47.1. The molecular weight excluding hydrogens is 833 g/mol. The fraction of sp³-hybridized carbons (Fsp3) is 0.608. The summed E-state index contributed by atoms with van der Waals surface area (Å²) in [6.07, 6.45) is 10.6. The summed E-state index contributed by atoms with van der Waals surface area (Å²) in [4.78, 5) is 48.7. The lowest BCUT2D eigenvalue weighted by Crippen LogP contribution is -2.54. The molecule has 4 heterocycles. The van der Waals surface area contributed by atoms with Gasteiger partial charge in [-0.2, -0.15) is 0 Å². The molecule has 4 atom stereocenters. The number of aldehydes is 1. The SMILES string of the molecule is CCOC(=O)C1=C(C=O)C(=C2CC(CO)C(=O)C(c3ccc4c(c3)=CCN=4)C2)c2c(c(CO)c3c(c2OC2CCCCC2)CC(C(O)(CCCCO)C2CCN(CCCOC)CC2)O3)O1. The largest absolute Gasteiger partial charge is 0.489 e. The number of likely N-dealkylation sites (tertiary alicyclic amines) is 1. The number of Topliss-reactive ketones (excluding diaryl/α,β-unsaturated/α-hetero) is 1. The molecule has 1 saturated heterocycles. The summed E-state index contributed by atoms with van der Waals surface area (Å²) in [6, 6.07) is 5.76. The summed E-state index contributed by atoms with van der Waals surface area (Å²) in [5, 5.41) is 46.9. The number of aliphatic hydroxyl groups is 4. The van der Waals surface area contributed by atoms with Gasteiger partial charge in [0.25, 0.3) is 0 Å². The van der Waals surface area contributed by atoms with E-state index in [0.29, 0.717) is 72.5 Å². The molecule has 0 radical (unpaired) electrons. The van der Waals surface area contributed by atoms with Crippen LogP contribution in [0.25, 0.3) is 11.6 Å². The monoisotopic (exact) mass is 898 g/mol. The first-order valence-corrected chi connectivity index (χ1v) is 23.9. The number of aliphatic hydroxyl groups excluding tert-OH is 3. The molecular formula is C51H66N2O12. The standard InChI is InChI=1S/C51H66N2O12/c1-3-62-50(59)49-39(29-56)43(33-25-34(28-55)45(58)37(26-33)31-12-13-41-32(24-31)14-18-52-41)44-47(63-36-10-5-4-6-11-36)38-27-42(64-46(38)40(30-57)48(44)65-49)51(60,17-7-8-22-54)35-15-20-53(21-16-35)19-9-23-61-2/h12-14,24,29,34-37,42,54-55,57,60H,3-11,15-23,25-28,30H2,1-2H3. The van der Waals surface area contributed by atoms with Crippen LogP contribution in [0.2, 0.25) is 0 Å². The maximum Gasteiger partial charge on any atom is 0.375 e. The molecule has 3 fully saturated rings. The van der Waals surface area contributed by atoms with Crippen LogP contribution in [-0.2, 0) is 36.9 Å². The van der Waals surface area contributed by atoms with Crippen molar-refractivity contribution in [1.82, 2.24) is 4.90 Å². The zero-order valence-corrected chi connectivity index (χ0v) is 38.0. The minimum absolute atomic E-state index is 0.000208. The fourth-order valence-corrected chi connectivity index (χ4v) is 11.3. The molecule has 2 aromatic carbocycles. The number of piperidine rings is 1. The van der Waals surface area contributed by atoms with Crippen molar-refractivity contribution >= 4 is 29.7 Å². The normalized spacial score (nSPS) is 24.5. The number of hydrogen-bond donors (Lipinski definition) is 4. The van der Waals surface area contributed by atoms with Crippen LogP contribution in [0, 0.1) is 11.8 Å². The van der Waals surface area contributed by atoms with E-state index in [1.54, 1.807) is 14.0 Å². The van der Waals surface area contributed by atoms with E-state index < -0.39 is 42.7 Å². The Labute approximate surface area is 381 Å². The third-order valence-electron chi connectivity index (χ3n) is 14.7. The fourth-order valence-electron chi connectivity index (χ4n) is 11.3. The van der Waals surface area contributed by atoms with Gasteiger partial charge in [-0.3, -0.25) is 14.6 Å². The lowest BCUT2D eigenvalue weighted by Gasteiger charge is -2.44. The highest BCUT2D eigenvalue weighted by Crippen LogP contribution is 2.58. The van der Waals surface area contributed by atoms with E-state index >= 15 is 0 Å². The predicted octanol–water partition coefficient (Wildman–Crippen LogP) is 4.17. The molecule has 4 unspecified atom stereocenters. The van der Waals surface area contributed by atoms with Crippen molar-refractivity contribution in [1.29, 1.82) is 0 Å². The molecule has 0 amide bonds. The van der Waals surface area contributed by atoms with Gasteiger partial charge in [0.05, 0.1) is 54.5 Å². The van der Waals surface area contributed by atoms with Gasteiger partial charge in [-0.15, -0.1) is 0 Å². The molecule has 4 N–H and O–H groups in total. The second-order valence-electron chi connectivity index (χ2n) is 18.6. The number of carbonyl (C=O) groups excluding carboxylic acids is 3. The Morgan fingerprint density at radius 1 is 1.02 bits per heavy atom. The number of ether oxygens (including phenoxy) is 5. The summed E-state index contributed by atoms with van der Waals surface area (Å²) in [5.41, 5.74) is 1.63. The van der Waals surface area contributed by atoms with Crippen molar-refractivity contribution < 1.29 is 58.5 Å². The molecule has 0 aromatic heterocycles. The molecule has 14 heteroatoms. The van der Waals surface area contributed by atoms with Crippen molar-refractivity contribution in [3.8, 4) is 17.2 Å². The van der Waals surface area contributed by atoms with Gasteiger partial charge in [0.15, 0.2) is 6.29 Å². The summed E-state index contributed by atoms with van der Waals surface area (Å²) >= 11 is 0. The van der Waals surface area contributed by atoms with Crippen molar-refractivity contribution in [2.45, 2.75) is 127 Å². The van der Waals surface area contributed by atoms with Gasteiger partial charge in [-0.05, 0) is 126 Å². The number of allylic oxidation sites excluding steroid dienone is 3. The highest BCUT2D eigenvalue weighted by atomic mass is 16.6. The third kappa shape index (κ3) is 9.44. The van der Waals surface area contributed by atoms with Crippen LogP contribution in [0.15, 0.2) is 40.1 Å². The molecule has 8 rings (SSSR count). The zero-order chi connectivity index (χ0) is 45.7. The minimum atomic E-state index is -1.32. The summed E-state index contributed by atoms with van der Waals surface area (Å²) < 4.78 is 31.4. The van der Waals surface area contributed by atoms with Crippen molar-refractivity contribution in [2.24, 2.45) is 16.8 Å². The van der Waals surface area contributed by atoms with Crippen LogP contribution in [0.5, 0.6) is 17.2 Å². The molecule has 0 bridgehead atoms. The third-order valence-corrected chi connectivity index (χ3v) is 14.7. The quantitative estimate of drug-likeness (QED) is 0.0948. The van der Waals surface area contributed by atoms with Gasteiger partial charge >= 0.3 is 5.97 Å². The van der Waals surface area contributed by atoms with Crippen LogP contribution >= 0.6 is 0 Å². The minimum Gasteiger partial charge on any atom is -0.489 e. The van der Waals surface area contributed by atoms with Crippen LogP contribution in [0.4, 0.5) is 0 Å². The van der Waals surface area contributed by atoms with E-state index in [9.17, 15) is 34.8 Å². The van der Waals surface area contributed by atoms with Gasteiger partial charge < -0.3 is 49.0 Å². The second-order valence-corrected chi connectivity index (χ2v) is 18.6. The van der Waals surface area contributed by atoms with E-state index in [4.69, 9.17) is 23.7 Å². The Morgan fingerprint density at radius 3 is 2.52 bits per heavy atom. The van der Waals surface area contributed by atoms with Crippen LogP contribution in [0.3, 0.4) is 0 Å². The summed E-state index contributed by atoms with van der Waals surface area (Å²) in [6.45, 7) is 4.39. The molecule has 65 heavy (non-hydrogen) atoms. The Balaban J connectivity index is 1.30. The Bertz CT molecular complexity index is 2290. The number of benzene rings is 2. The topological polar surface area (TPSA) is 194 Å². The van der Waals surface area contributed by atoms with Crippen molar-refractivity contribution in [3.05, 3.63) is 67.9 Å². The molecule has 0 spiro atoms. The maximum absolute atomic E-state index is 14.2. The Hall–Kier alpha value is -4.44. The lowest BCUT2D eigenvalue weighted by molar-refractivity contribution is -0.141. The van der Waals surface area contributed by atoms with E-state index in [1.165, 1.54) is 0 Å². The number of hydrogen-bond acceptors (Lipinski definition) is 14. The summed E-state index contributed by atoms with van der Waals surface area (Å²) in [5.74, 6) is -2.17. The predicted molar refractivity (Wildman–Crippen MR) is 241 cm³/mol. The van der Waals surface area contributed by atoms with Gasteiger partial charge in [0.1, 0.15) is 34.7 Å². The highest BCUT2D eigenvalue weighted by Gasteiger charge is 2.51. The van der Waals surface area contributed by atoms with Crippen molar-refractivity contribution in [3.63, 3.8) is 0 Å². The van der Waals surface area contributed by atoms with Gasteiger partial charge in [-0.25, -0.2) is 4.79 Å². The van der Waals surface area contributed by atoms with E-state index in [0.717, 1.165) is 87.1 Å². The lowest BCUT2D eigenvalue weighted by atomic mass is 9.71. The molecule has 6 aliphatic rings. The first-order chi connectivity index (χ1) is 31.7. The van der Waals surface area contributed by atoms with Crippen molar-refractivity contribution in [2.75, 3.05) is 59.7 Å². The van der Waals surface area contributed by atoms with Crippen LogP contribution in [-0.4, -0.2) is 121 Å². The molecule has 4 aliphatic heterocycles. The molecule has 2 aliphatic carbocycles. The van der Waals surface area contributed by atoms with Gasteiger partial charge in [-0.1, -0.05) is 24.1 Å². The maximum atomic E-state index is 14.2. The Morgan fingerprint density at radius 2 is 1.82 bits per heavy atom. The number of methoxy groups -OCH3 is 1. The Kier molecular flexibility index (Phi) is 15.2. The zero-order valence-electron chi connectivity index (χ0n) is 38.0. The molecule has 2 aromatic rings. The smallest absolute Gasteiger partial charge is 0.375 e. The van der Waals surface area contributed by atoms with Gasteiger partial charge in [0, 0.05) is 56.3 Å². The van der Waals surface area contributed by atoms with E-state index in [2.05, 4.69) is 9.89 Å². The molecule has 2 saturated carbocycles. The number of ketones is 1. The van der Waals surface area contributed by atoms with E-state index in [-0.39, 0.29) is 72.9 Å². The number of nitrogens with zero attached hydrogens (tertiary/aromatic N) is 2. The average molecular weight is 899 g/mol. The van der Waals surface area contributed by atoms with Crippen LogP contribution in [0.1, 0.15) is 119 Å². The van der Waals surface area contributed by atoms with Gasteiger partial charge in [0.2, 0.25) is 5.76 Å². The number of rotatable bonds is 18. The number of unbranched alkanes of at least 4 members (excludes halogenated alkanes) is 1. The number of esters is 1.